The Morgan fingerprint density at radius 3 is 2.58 bits per heavy atom. The van der Waals surface area contributed by atoms with Gasteiger partial charge in [-0.05, 0) is 44.7 Å². The largest absolute Gasteiger partial charge is 0.449 e. The monoisotopic (exact) mass is 520 g/mol. The summed E-state index contributed by atoms with van der Waals surface area (Å²) in [6, 6.07) is 1.58. The first kappa shape index (κ1) is 25.7. The second-order valence-corrected chi connectivity index (χ2v) is 9.56. The van der Waals surface area contributed by atoms with E-state index in [2.05, 4.69) is 17.1 Å². The molecule has 0 aromatic carbocycles. The first-order valence-corrected chi connectivity index (χ1v) is 12.8. The minimum Gasteiger partial charge on any atom is -0.449 e. The van der Waals surface area contributed by atoms with E-state index < -0.39 is 6.09 Å². The van der Waals surface area contributed by atoms with E-state index in [4.69, 9.17) is 18.9 Å². The first-order valence-electron chi connectivity index (χ1n) is 12.8. The average molecular weight is 521 g/mol. The van der Waals surface area contributed by atoms with Crippen LogP contribution in [0.5, 0.6) is 0 Å². The molecule has 1 aliphatic heterocycles. The number of ketones is 1. The van der Waals surface area contributed by atoms with Gasteiger partial charge in [-0.2, -0.15) is 10.2 Å². The molecule has 5 rings (SSSR count). The van der Waals surface area contributed by atoms with E-state index in [0.29, 0.717) is 47.5 Å². The molecule has 38 heavy (non-hydrogen) atoms. The molecule has 4 aromatic rings. The molecular weight excluding hydrogens is 488 g/mol. The van der Waals surface area contributed by atoms with Crippen molar-refractivity contribution in [1.82, 2.24) is 24.5 Å². The van der Waals surface area contributed by atoms with Gasteiger partial charge in [-0.1, -0.05) is 6.92 Å². The van der Waals surface area contributed by atoms with Crippen LogP contribution in [0.4, 0.5) is 10.5 Å². The molecule has 0 radical (unpaired) electrons. The maximum Gasteiger partial charge on any atom is 0.414 e. The number of ether oxygens (including phenoxy) is 2. The predicted octanol–water partition coefficient (Wildman–Crippen LogP) is 4.42. The third kappa shape index (κ3) is 4.69. The lowest BCUT2D eigenvalue weighted by Crippen LogP contribution is -2.46. The van der Waals surface area contributed by atoms with Gasteiger partial charge in [0.1, 0.15) is 11.2 Å². The van der Waals surface area contributed by atoms with Gasteiger partial charge >= 0.3 is 6.09 Å². The number of aromatic nitrogens is 5. The fourth-order valence-electron chi connectivity index (χ4n) is 4.98. The van der Waals surface area contributed by atoms with Crippen LogP contribution in [0.3, 0.4) is 0 Å². The van der Waals surface area contributed by atoms with Gasteiger partial charge in [-0.25, -0.2) is 9.78 Å². The van der Waals surface area contributed by atoms with Gasteiger partial charge in [-0.15, -0.1) is 0 Å². The molecule has 0 bridgehead atoms. The molecule has 1 fully saturated rings. The second kappa shape index (κ2) is 10.4. The molecule has 1 aliphatic rings. The van der Waals surface area contributed by atoms with Crippen LogP contribution in [0.25, 0.3) is 22.4 Å². The van der Waals surface area contributed by atoms with Gasteiger partial charge in [0.15, 0.2) is 5.58 Å². The molecule has 1 amide bonds. The van der Waals surface area contributed by atoms with E-state index in [1.54, 1.807) is 40.6 Å². The van der Waals surface area contributed by atoms with Crippen LogP contribution >= 0.6 is 0 Å². The molecule has 4 aromatic heterocycles. The molecule has 200 valence electrons. The standard InChI is InChI=1S/C27H32N6O5/c1-6-20-11-19(8-9-37-20)33(27(35)36-7-2)24-23-21(38-26(24)25(34)18-13-29-32(5)15-18)10-16(3)22(30-23)17-12-28-31(4)14-17/h10,12-15,19-20H,6-9,11H2,1-5H3. The van der Waals surface area contributed by atoms with Crippen LogP contribution in [0.2, 0.25) is 0 Å². The Morgan fingerprint density at radius 1 is 1.16 bits per heavy atom. The van der Waals surface area contributed by atoms with Crippen molar-refractivity contribution >= 4 is 28.7 Å². The average Bonchev–Trinajstić information content (AvgIpc) is 3.62. The first-order chi connectivity index (χ1) is 18.3. The third-order valence-electron chi connectivity index (χ3n) is 6.85. The summed E-state index contributed by atoms with van der Waals surface area (Å²) >= 11 is 0. The summed E-state index contributed by atoms with van der Waals surface area (Å²) in [6.07, 6.45) is 8.14. The maximum atomic E-state index is 13.8. The van der Waals surface area contributed by atoms with Crippen molar-refractivity contribution in [1.29, 1.82) is 0 Å². The van der Waals surface area contributed by atoms with Crippen molar-refractivity contribution in [2.45, 2.75) is 52.2 Å². The van der Waals surface area contributed by atoms with Crippen LogP contribution in [-0.4, -0.2) is 61.8 Å². The molecule has 0 spiro atoms. The molecule has 5 heterocycles. The van der Waals surface area contributed by atoms with Crippen molar-refractivity contribution in [3.05, 3.63) is 47.7 Å². The number of amides is 1. The summed E-state index contributed by atoms with van der Waals surface area (Å²) in [7, 11) is 3.57. The zero-order chi connectivity index (χ0) is 27.0. The van der Waals surface area contributed by atoms with Gasteiger partial charge in [0.25, 0.3) is 0 Å². The van der Waals surface area contributed by atoms with Gasteiger partial charge in [0.2, 0.25) is 11.5 Å². The summed E-state index contributed by atoms with van der Waals surface area (Å²) in [4.78, 5) is 33.9. The number of hydrogen-bond donors (Lipinski definition) is 0. The van der Waals surface area contributed by atoms with Crippen LogP contribution in [0, 0.1) is 6.92 Å². The number of carbonyl (C=O) groups is 2. The Kier molecular flexibility index (Phi) is 7.02. The maximum absolute atomic E-state index is 13.8. The second-order valence-electron chi connectivity index (χ2n) is 9.56. The minimum atomic E-state index is -0.553. The van der Waals surface area contributed by atoms with Crippen molar-refractivity contribution in [2.75, 3.05) is 18.1 Å². The summed E-state index contributed by atoms with van der Waals surface area (Å²) in [6.45, 7) is 6.41. The number of fused-ring (bicyclic) bond motifs is 1. The smallest absolute Gasteiger partial charge is 0.414 e. The third-order valence-corrected chi connectivity index (χ3v) is 6.85. The zero-order valence-electron chi connectivity index (χ0n) is 22.3. The quantitative estimate of drug-likeness (QED) is 0.329. The highest BCUT2D eigenvalue weighted by atomic mass is 16.6. The number of rotatable bonds is 7. The number of carbonyl (C=O) groups excluding carboxylic acids is 2. The van der Waals surface area contributed by atoms with Crippen molar-refractivity contribution in [3.63, 3.8) is 0 Å². The number of furan rings is 1. The summed E-state index contributed by atoms with van der Waals surface area (Å²) in [5, 5.41) is 8.43. The van der Waals surface area contributed by atoms with Gasteiger partial charge in [-0.3, -0.25) is 19.1 Å². The molecule has 1 saturated heterocycles. The minimum absolute atomic E-state index is 0.0116. The molecule has 0 saturated carbocycles. The number of pyridine rings is 1. The van der Waals surface area contributed by atoms with Crippen LogP contribution in [0.1, 0.15) is 54.8 Å². The Hall–Kier alpha value is -3.99. The van der Waals surface area contributed by atoms with Crippen LogP contribution in [-0.2, 0) is 23.6 Å². The highest BCUT2D eigenvalue weighted by Gasteiger charge is 2.38. The Labute approximate surface area is 220 Å². The van der Waals surface area contributed by atoms with Crippen molar-refractivity contribution in [3.8, 4) is 11.3 Å². The molecule has 2 atom stereocenters. The summed E-state index contributed by atoms with van der Waals surface area (Å²) in [5.41, 5.74) is 3.83. The summed E-state index contributed by atoms with van der Waals surface area (Å²) in [5.74, 6) is -0.365. The summed E-state index contributed by atoms with van der Waals surface area (Å²) < 4.78 is 20.9. The topological polar surface area (TPSA) is 118 Å². The normalized spacial score (nSPS) is 17.6. The van der Waals surface area contributed by atoms with E-state index in [1.165, 1.54) is 6.20 Å². The highest BCUT2D eigenvalue weighted by Crippen LogP contribution is 2.40. The number of nitrogens with zero attached hydrogens (tertiary/aromatic N) is 6. The molecule has 2 unspecified atom stereocenters. The Morgan fingerprint density at radius 2 is 1.92 bits per heavy atom. The van der Waals surface area contributed by atoms with Crippen molar-refractivity contribution in [2.24, 2.45) is 14.1 Å². The van der Waals surface area contributed by atoms with Gasteiger partial charge < -0.3 is 13.9 Å². The molecule has 11 heteroatoms. The zero-order valence-corrected chi connectivity index (χ0v) is 22.3. The van der Waals surface area contributed by atoms with Crippen LogP contribution < -0.4 is 4.90 Å². The number of hydrogen-bond acceptors (Lipinski definition) is 8. The molecule has 11 nitrogen and oxygen atoms in total. The van der Waals surface area contributed by atoms with Crippen LogP contribution in [0.15, 0.2) is 35.3 Å². The van der Waals surface area contributed by atoms with Gasteiger partial charge in [0, 0.05) is 44.7 Å². The Balaban J connectivity index is 1.75. The fourth-order valence-corrected chi connectivity index (χ4v) is 4.98. The Bertz CT molecular complexity index is 1480. The molecular formula is C27H32N6O5. The van der Waals surface area contributed by atoms with E-state index in [1.807, 2.05) is 26.2 Å². The lowest BCUT2D eigenvalue weighted by Gasteiger charge is -2.36. The predicted molar refractivity (Wildman–Crippen MR) is 140 cm³/mol. The van der Waals surface area contributed by atoms with E-state index in [0.717, 1.165) is 17.5 Å². The van der Waals surface area contributed by atoms with E-state index in [-0.39, 0.29) is 30.3 Å². The highest BCUT2D eigenvalue weighted by molar-refractivity contribution is 6.16. The number of anilines is 1. The SMILES string of the molecule is CCOC(=O)N(c1c(C(=O)c2cnn(C)c2)oc2cc(C)c(-c3cnn(C)c3)nc12)C1CCOC(CC)C1. The molecule has 0 N–H and O–H groups in total. The van der Waals surface area contributed by atoms with E-state index >= 15 is 0 Å². The lowest BCUT2D eigenvalue weighted by atomic mass is 9.99. The fraction of sp³-hybridized carbons (Fsp3) is 0.444. The van der Waals surface area contributed by atoms with Crippen molar-refractivity contribution < 1.29 is 23.5 Å². The molecule has 0 aliphatic carbocycles. The number of aryl methyl sites for hydroxylation is 3. The lowest BCUT2D eigenvalue weighted by molar-refractivity contribution is 0.00467. The van der Waals surface area contributed by atoms with Gasteiger partial charge in [0.05, 0.1) is 36.4 Å². The van der Waals surface area contributed by atoms with E-state index in [9.17, 15) is 9.59 Å².